The van der Waals surface area contributed by atoms with Gasteiger partial charge in [-0.15, -0.1) is 0 Å². The predicted molar refractivity (Wildman–Crippen MR) is 84.2 cm³/mol. The molecule has 0 bridgehead atoms. The Bertz CT molecular complexity index is 411. The third-order valence-electron chi connectivity index (χ3n) is 3.68. The average Bonchev–Trinajstić information content (AvgIpc) is 2.44. The van der Waals surface area contributed by atoms with Crippen LogP contribution in [-0.4, -0.2) is 18.1 Å². The van der Waals surface area contributed by atoms with Crippen molar-refractivity contribution in [1.29, 1.82) is 5.26 Å². The van der Waals surface area contributed by atoms with E-state index in [1.807, 2.05) is 49.1 Å². The number of nitrogens with one attached hydrogen (secondary N) is 1. The zero-order valence-electron chi connectivity index (χ0n) is 12.3. The van der Waals surface area contributed by atoms with Gasteiger partial charge >= 0.3 is 0 Å². The van der Waals surface area contributed by atoms with E-state index >= 15 is 0 Å². The zero-order valence-corrected chi connectivity index (χ0v) is 13.1. The lowest BCUT2D eigenvalue weighted by atomic mass is 9.89. The number of benzene rings is 1. The summed E-state index contributed by atoms with van der Waals surface area (Å²) in [7, 11) is 1.87. The largest absolute Gasteiger partial charge is 0.299 e. The Kier molecular flexibility index (Phi) is 6.41. The molecule has 0 aliphatic rings. The van der Waals surface area contributed by atoms with Crippen molar-refractivity contribution in [2.45, 2.75) is 38.0 Å². The number of hydrogen-bond donors (Lipinski definition) is 1. The standard InChI is InChI=1S/C16H24N2S/c1-13(2)14(3)19-11-10-16(12-17,18-4)15-8-6-5-7-9-15/h5-9,13-14,18H,10-11H2,1-4H3. The highest BCUT2D eigenvalue weighted by atomic mass is 32.2. The molecule has 2 unspecified atom stereocenters. The van der Waals surface area contributed by atoms with Gasteiger partial charge < -0.3 is 0 Å². The first-order valence-electron chi connectivity index (χ1n) is 6.83. The Morgan fingerprint density at radius 2 is 1.89 bits per heavy atom. The molecule has 0 heterocycles. The molecular weight excluding hydrogens is 252 g/mol. The maximum absolute atomic E-state index is 9.58. The van der Waals surface area contributed by atoms with Crippen LogP contribution in [0.2, 0.25) is 0 Å². The van der Waals surface area contributed by atoms with Gasteiger partial charge in [-0.3, -0.25) is 5.32 Å². The Morgan fingerprint density at radius 3 is 2.37 bits per heavy atom. The molecule has 0 aliphatic carbocycles. The van der Waals surface area contributed by atoms with E-state index in [2.05, 4.69) is 32.2 Å². The van der Waals surface area contributed by atoms with Gasteiger partial charge in [-0.2, -0.15) is 17.0 Å². The molecule has 0 saturated carbocycles. The van der Waals surface area contributed by atoms with Gasteiger partial charge in [0.15, 0.2) is 0 Å². The van der Waals surface area contributed by atoms with Crippen LogP contribution in [-0.2, 0) is 5.54 Å². The molecule has 104 valence electrons. The molecule has 0 aromatic heterocycles. The van der Waals surface area contributed by atoms with E-state index in [9.17, 15) is 5.26 Å². The smallest absolute Gasteiger partial charge is 0.132 e. The summed E-state index contributed by atoms with van der Waals surface area (Å²) in [5.74, 6) is 1.66. The first-order valence-corrected chi connectivity index (χ1v) is 7.88. The van der Waals surface area contributed by atoms with Crippen molar-refractivity contribution in [3.05, 3.63) is 35.9 Å². The van der Waals surface area contributed by atoms with E-state index in [1.54, 1.807) is 0 Å². The fraction of sp³-hybridized carbons (Fsp3) is 0.562. The van der Waals surface area contributed by atoms with E-state index in [0.717, 1.165) is 17.7 Å². The fourth-order valence-electron chi connectivity index (χ4n) is 1.90. The summed E-state index contributed by atoms with van der Waals surface area (Å²) in [5.41, 5.74) is 0.489. The molecule has 3 heteroatoms. The van der Waals surface area contributed by atoms with Crippen molar-refractivity contribution >= 4 is 11.8 Å². The second-order valence-electron chi connectivity index (χ2n) is 5.20. The third-order valence-corrected chi connectivity index (χ3v) is 5.19. The molecule has 1 N–H and O–H groups in total. The Labute approximate surface area is 121 Å². The average molecular weight is 276 g/mol. The highest BCUT2D eigenvalue weighted by Gasteiger charge is 2.30. The molecule has 0 radical (unpaired) electrons. The second kappa shape index (κ2) is 7.57. The Balaban J connectivity index is 2.72. The summed E-state index contributed by atoms with van der Waals surface area (Å²) in [5, 5.41) is 13.4. The van der Waals surface area contributed by atoms with Crippen LogP contribution in [0.25, 0.3) is 0 Å². The molecule has 0 spiro atoms. The quantitative estimate of drug-likeness (QED) is 0.823. The highest BCUT2D eigenvalue weighted by Crippen LogP contribution is 2.28. The van der Waals surface area contributed by atoms with Crippen LogP contribution < -0.4 is 5.32 Å². The van der Waals surface area contributed by atoms with Crippen molar-refractivity contribution < 1.29 is 0 Å². The summed E-state index contributed by atoms with van der Waals surface area (Å²) in [6.07, 6.45) is 0.825. The molecule has 0 aliphatic heterocycles. The van der Waals surface area contributed by atoms with Gasteiger partial charge in [0.25, 0.3) is 0 Å². The molecule has 0 amide bonds. The summed E-state index contributed by atoms with van der Waals surface area (Å²) in [4.78, 5) is 0. The maximum Gasteiger partial charge on any atom is 0.132 e. The molecule has 2 nitrogen and oxygen atoms in total. The van der Waals surface area contributed by atoms with Gasteiger partial charge in [-0.25, -0.2) is 0 Å². The zero-order chi connectivity index (χ0) is 14.3. The first-order chi connectivity index (χ1) is 9.05. The van der Waals surface area contributed by atoms with E-state index in [0.29, 0.717) is 11.2 Å². The van der Waals surface area contributed by atoms with Crippen LogP contribution in [0.5, 0.6) is 0 Å². The van der Waals surface area contributed by atoms with Crippen LogP contribution in [0, 0.1) is 17.2 Å². The van der Waals surface area contributed by atoms with E-state index in [-0.39, 0.29) is 0 Å². The lowest BCUT2D eigenvalue weighted by Gasteiger charge is -2.27. The molecular formula is C16H24N2S. The van der Waals surface area contributed by atoms with Crippen molar-refractivity contribution in [2.75, 3.05) is 12.8 Å². The van der Waals surface area contributed by atoms with Gasteiger partial charge in [0.2, 0.25) is 0 Å². The van der Waals surface area contributed by atoms with Crippen molar-refractivity contribution in [1.82, 2.24) is 5.32 Å². The fourth-order valence-corrected chi connectivity index (χ4v) is 3.08. The molecule has 2 atom stereocenters. The lowest BCUT2D eigenvalue weighted by molar-refractivity contribution is 0.456. The topological polar surface area (TPSA) is 35.8 Å². The van der Waals surface area contributed by atoms with E-state index in [4.69, 9.17) is 0 Å². The predicted octanol–water partition coefficient (Wildman–Crippen LogP) is 3.79. The minimum absolute atomic E-state index is 0.565. The lowest BCUT2D eigenvalue weighted by Crippen LogP contribution is -2.39. The van der Waals surface area contributed by atoms with Gasteiger partial charge in [-0.05, 0) is 30.7 Å². The van der Waals surface area contributed by atoms with Crippen LogP contribution in [0.4, 0.5) is 0 Å². The molecule has 1 aromatic carbocycles. The van der Waals surface area contributed by atoms with Gasteiger partial charge in [0, 0.05) is 5.25 Å². The monoisotopic (exact) mass is 276 g/mol. The number of nitriles is 1. The van der Waals surface area contributed by atoms with Crippen molar-refractivity contribution in [2.24, 2.45) is 5.92 Å². The Hall–Kier alpha value is -0.980. The van der Waals surface area contributed by atoms with E-state index in [1.165, 1.54) is 0 Å². The van der Waals surface area contributed by atoms with Crippen LogP contribution in [0.1, 0.15) is 32.8 Å². The first kappa shape index (κ1) is 16.1. The number of hydrogen-bond acceptors (Lipinski definition) is 3. The number of nitrogens with zero attached hydrogens (tertiary/aromatic N) is 1. The number of rotatable bonds is 7. The molecule has 1 rings (SSSR count). The molecule has 0 saturated heterocycles. The van der Waals surface area contributed by atoms with E-state index < -0.39 is 5.54 Å². The molecule has 1 aromatic rings. The third kappa shape index (κ3) is 4.26. The molecule has 19 heavy (non-hydrogen) atoms. The minimum Gasteiger partial charge on any atom is -0.299 e. The second-order valence-corrected chi connectivity index (χ2v) is 6.69. The van der Waals surface area contributed by atoms with Gasteiger partial charge in [0.05, 0.1) is 6.07 Å². The highest BCUT2D eigenvalue weighted by molar-refractivity contribution is 7.99. The van der Waals surface area contributed by atoms with Crippen molar-refractivity contribution in [3.8, 4) is 6.07 Å². The maximum atomic E-state index is 9.58. The van der Waals surface area contributed by atoms with Crippen LogP contribution in [0.3, 0.4) is 0 Å². The van der Waals surface area contributed by atoms with Crippen LogP contribution in [0.15, 0.2) is 30.3 Å². The SMILES string of the molecule is CNC(C#N)(CCSC(C)C(C)C)c1ccccc1. The summed E-state index contributed by atoms with van der Waals surface area (Å²) in [6, 6.07) is 12.5. The summed E-state index contributed by atoms with van der Waals surface area (Å²) in [6.45, 7) is 6.74. The Morgan fingerprint density at radius 1 is 1.26 bits per heavy atom. The minimum atomic E-state index is -0.565. The summed E-state index contributed by atoms with van der Waals surface area (Å²) >= 11 is 1.95. The normalized spacial score (nSPS) is 15.8. The number of thioether (sulfide) groups is 1. The molecule has 0 fully saturated rings. The summed E-state index contributed by atoms with van der Waals surface area (Å²) < 4.78 is 0. The van der Waals surface area contributed by atoms with Gasteiger partial charge in [0.1, 0.15) is 5.54 Å². The van der Waals surface area contributed by atoms with Crippen LogP contribution >= 0.6 is 11.8 Å². The van der Waals surface area contributed by atoms with Crippen molar-refractivity contribution in [3.63, 3.8) is 0 Å². The van der Waals surface area contributed by atoms with Gasteiger partial charge in [-0.1, -0.05) is 51.1 Å².